The minimum atomic E-state index is -0.381. The molecule has 0 atom stereocenters. The molecule has 4 aromatic rings. The summed E-state index contributed by atoms with van der Waals surface area (Å²) in [6.45, 7) is 4.04. The van der Waals surface area contributed by atoms with E-state index in [0.29, 0.717) is 16.5 Å². The molecule has 0 spiro atoms. The highest BCUT2D eigenvalue weighted by atomic mass is 35.5. The molecule has 29 heavy (non-hydrogen) atoms. The van der Waals surface area contributed by atoms with Gasteiger partial charge in [-0.15, -0.1) is 5.10 Å². The van der Waals surface area contributed by atoms with E-state index < -0.39 is 0 Å². The van der Waals surface area contributed by atoms with E-state index in [4.69, 9.17) is 11.6 Å². The summed E-state index contributed by atoms with van der Waals surface area (Å²) in [4.78, 5) is 17.4. The van der Waals surface area contributed by atoms with Gasteiger partial charge in [0.25, 0.3) is 5.91 Å². The summed E-state index contributed by atoms with van der Waals surface area (Å²) in [7, 11) is 0. The molecular weight excluding hydrogens is 384 g/mol. The van der Waals surface area contributed by atoms with Gasteiger partial charge in [0, 0.05) is 16.3 Å². The van der Waals surface area contributed by atoms with Gasteiger partial charge in [-0.25, -0.2) is 9.67 Å². The molecule has 0 aliphatic heterocycles. The summed E-state index contributed by atoms with van der Waals surface area (Å²) in [5, 5.41) is 7.96. The van der Waals surface area contributed by atoms with Crippen molar-refractivity contribution >= 4 is 23.2 Å². The van der Waals surface area contributed by atoms with Gasteiger partial charge < -0.3 is 5.32 Å². The van der Waals surface area contributed by atoms with Crippen molar-refractivity contribution in [1.82, 2.24) is 14.8 Å². The second-order valence-electron chi connectivity index (χ2n) is 6.79. The first-order valence-corrected chi connectivity index (χ1v) is 9.56. The normalized spacial score (nSPS) is 10.7. The van der Waals surface area contributed by atoms with Crippen molar-refractivity contribution in [2.45, 2.75) is 13.8 Å². The number of nitrogens with zero attached hydrogens (tertiary/aromatic N) is 3. The third-order valence-corrected chi connectivity index (χ3v) is 4.79. The number of aryl methyl sites for hydroxylation is 2. The second kappa shape index (κ2) is 7.89. The van der Waals surface area contributed by atoms with Crippen LogP contribution in [0.5, 0.6) is 0 Å². The maximum absolute atomic E-state index is 12.8. The SMILES string of the molecule is Cc1ccc(C)c(-n2nc(C(=O)Nc3ccc(Cl)cc3)nc2-c2ccccc2)c1. The highest BCUT2D eigenvalue weighted by Gasteiger charge is 2.20. The number of rotatable bonds is 4. The third kappa shape index (κ3) is 4.05. The van der Waals surface area contributed by atoms with Gasteiger partial charge in [-0.1, -0.05) is 54.1 Å². The molecule has 0 unspecified atom stereocenters. The lowest BCUT2D eigenvalue weighted by Crippen LogP contribution is -2.14. The van der Waals surface area contributed by atoms with E-state index in [-0.39, 0.29) is 11.7 Å². The maximum atomic E-state index is 12.8. The monoisotopic (exact) mass is 402 g/mol. The Morgan fingerprint density at radius 3 is 2.41 bits per heavy atom. The van der Waals surface area contributed by atoms with Crippen LogP contribution in [0.2, 0.25) is 5.02 Å². The van der Waals surface area contributed by atoms with Gasteiger partial charge in [-0.05, 0) is 55.3 Å². The molecule has 3 aromatic carbocycles. The van der Waals surface area contributed by atoms with Crippen molar-refractivity contribution in [2.75, 3.05) is 5.32 Å². The average Bonchev–Trinajstić information content (AvgIpc) is 3.17. The molecule has 0 aliphatic carbocycles. The summed E-state index contributed by atoms with van der Waals surface area (Å²) in [5.41, 5.74) is 4.55. The molecule has 144 valence electrons. The standard InChI is InChI=1S/C23H19ClN4O/c1-15-8-9-16(2)20(14-15)28-22(17-6-4-3-5-7-17)26-21(27-28)23(29)25-19-12-10-18(24)11-13-19/h3-14H,1-2H3,(H,25,29). The highest BCUT2D eigenvalue weighted by Crippen LogP contribution is 2.24. The number of nitrogens with one attached hydrogen (secondary N) is 1. The third-order valence-electron chi connectivity index (χ3n) is 4.54. The molecule has 0 saturated heterocycles. The van der Waals surface area contributed by atoms with E-state index in [0.717, 1.165) is 22.4 Å². The van der Waals surface area contributed by atoms with Crippen LogP contribution < -0.4 is 5.32 Å². The molecule has 1 N–H and O–H groups in total. The molecule has 0 radical (unpaired) electrons. The van der Waals surface area contributed by atoms with Crippen molar-refractivity contribution in [3.8, 4) is 17.1 Å². The van der Waals surface area contributed by atoms with Crippen LogP contribution in [0.25, 0.3) is 17.1 Å². The van der Waals surface area contributed by atoms with Crippen LogP contribution in [0.15, 0.2) is 72.8 Å². The van der Waals surface area contributed by atoms with Crippen molar-refractivity contribution in [3.05, 3.63) is 94.8 Å². The minimum absolute atomic E-state index is 0.0970. The lowest BCUT2D eigenvalue weighted by atomic mass is 10.1. The van der Waals surface area contributed by atoms with Crippen LogP contribution in [-0.4, -0.2) is 20.7 Å². The van der Waals surface area contributed by atoms with Gasteiger partial charge in [-0.3, -0.25) is 4.79 Å². The number of carbonyl (C=O) groups excluding carboxylic acids is 1. The van der Waals surface area contributed by atoms with E-state index in [2.05, 4.69) is 15.4 Å². The molecule has 1 heterocycles. The fraction of sp³-hybridized carbons (Fsp3) is 0.0870. The number of halogens is 1. The number of anilines is 1. The van der Waals surface area contributed by atoms with E-state index in [1.807, 2.05) is 62.4 Å². The molecule has 0 bridgehead atoms. The molecule has 1 amide bonds. The Balaban J connectivity index is 1.78. The highest BCUT2D eigenvalue weighted by molar-refractivity contribution is 6.30. The molecule has 1 aromatic heterocycles. The molecule has 0 saturated carbocycles. The number of hydrogen-bond donors (Lipinski definition) is 1. The zero-order chi connectivity index (χ0) is 20.4. The van der Waals surface area contributed by atoms with Gasteiger partial charge in [0.15, 0.2) is 5.82 Å². The Morgan fingerprint density at radius 2 is 1.69 bits per heavy atom. The van der Waals surface area contributed by atoms with Crippen LogP contribution in [0.1, 0.15) is 21.7 Å². The lowest BCUT2D eigenvalue weighted by molar-refractivity contribution is 0.101. The summed E-state index contributed by atoms with van der Waals surface area (Å²) in [6.07, 6.45) is 0. The summed E-state index contributed by atoms with van der Waals surface area (Å²) >= 11 is 5.91. The maximum Gasteiger partial charge on any atom is 0.295 e. The average molecular weight is 403 g/mol. The van der Waals surface area contributed by atoms with E-state index >= 15 is 0 Å². The van der Waals surface area contributed by atoms with E-state index in [1.165, 1.54) is 0 Å². The van der Waals surface area contributed by atoms with Crippen LogP contribution in [-0.2, 0) is 0 Å². The molecule has 5 nitrogen and oxygen atoms in total. The van der Waals surface area contributed by atoms with Crippen LogP contribution >= 0.6 is 11.6 Å². The zero-order valence-electron chi connectivity index (χ0n) is 16.1. The van der Waals surface area contributed by atoms with Gasteiger partial charge in [-0.2, -0.15) is 0 Å². The van der Waals surface area contributed by atoms with Crippen molar-refractivity contribution < 1.29 is 4.79 Å². The van der Waals surface area contributed by atoms with Crippen LogP contribution in [0, 0.1) is 13.8 Å². The Labute approximate surface area is 174 Å². The number of hydrogen-bond acceptors (Lipinski definition) is 3. The lowest BCUT2D eigenvalue weighted by Gasteiger charge is -2.10. The Kier molecular flexibility index (Phi) is 5.14. The summed E-state index contributed by atoms with van der Waals surface area (Å²) in [5.74, 6) is 0.328. The fourth-order valence-corrected chi connectivity index (χ4v) is 3.14. The fourth-order valence-electron chi connectivity index (χ4n) is 3.02. The number of aromatic nitrogens is 3. The predicted octanol–water partition coefficient (Wildman–Crippen LogP) is 5.46. The minimum Gasteiger partial charge on any atom is -0.319 e. The largest absolute Gasteiger partial charge is 0.319 e. The van der Waals surface area contributed by atoms with Crippen molar-refractivity contribution in [3.63, 3.8) is 0 Å². The first-order valence-electron chi connectivity index (χ1n) is 9.18. The number of amides is 1. The predicted molar refractivity (Wildman–Crippen MR) is 116 cm³/mol. The van der Waals surface area contributed by atoms with Crippen LogP contribution in [0.4, 0.5) is 5.69 Å². The molecule has 4 rings (SSSR count). The summed E-state index contributed by atoms with van der Waals surface area (Å²) < 4.78 is 1.73. The molecule has 6 heteroatoms. The number of benzene rings is 3. The molecule has 0 aliphatic rings. The van der Waals surface area contributed by atoms with Crippen molar-refractivity contribution in [1.29, 1.82) is 0 Å². The van der Waals surface area contributed by atoms with Gasteiger partial charge in [0.2, 0.25) is 5.82 Å². The topological polar surface area (TPSA) is 59.8 Å². The van der Waals surface area contributed by atoms with E-state index in [9.17, 15) is 4.79 Å². The quantitative estimate of drug-likeness (QED) is 0.493. The first kappa shape index (κ1) is 18.9. The molecule has 0 fully saturated rings. The summed E-state index contributed by atoms with van der Waals surface area (Å²) in [6, 6.07) is 22.7. The first-order chi connectivity index (χ1) is 14.0. The van der Waals surface area contributed by atoms with E-state index in [1.54, 1.807) is 28.9 Å². The number of carbonyl (C=O) groups is 1. The van der Waals surface area contributed by atoms with Gasteiger partial charge in [0.05, 0.1) is 5.69 Å². The van der Waals surface area contributed by atoms with Crippen LogP contribution in [0.3, 0.4) is 0 Å². The zero-order valence-corrected chi connectivity index (χ0v) is 16.8. The van der Waals surface area contributed by atoms with Gasteiger partial charge >= 0.3 is 0 Å². The Hall–Kier alpha value is -3.44. The smallest absolute Gasteiger partial charge is 0.295 e. The van der Waals surface area contributed by atoms with Gasteiger partial charge in [0.1, 0.15) is 0 Å². The molecular formula is C23H19ClN4O. The Bertz CT molecular complexity index is 1170. The van der Waals surface area contributed by atoms with Crippen molar-refractivity contribution in [2.24, 2.45) is 0 Å². The second-order valence-corrected chi connectivity index (χ2v) is 7.22. The Morgan fingerprint density at radius 1 is 0.966 bits per heavy atom.